The molecule has 248 valence electrons. The standard InChI is InChI=1S/C47H26N2O2S2/c1-3-15-37-33(13-1)47(35-21-19-27(25-39(35)50-37)29-9-5-17-41-43(29)31-11-7-23-48-45(31)52-41)34-14-2-4-16-38(34)51-40-26-28(20-22-36(40)47)30-10-6-18-42-44(30)32-12-8-24-49-46(32)53-42/h1-26H. The van der Waals surface area contributed by atoms with E-state index in [-0.39, 0.29) is 0 Å². The summed E-state index contributed by atoms with van der Waals surface area (Å²) in [6.07, 6.45) is 3.74. The molecule has 0 N–H and O–H groups in total. The van der Waals surface area contributed by atoms with Crippen molar-refractivity contribution in [1.29, 1.82) is 0 Å². The van der Waals surface area contributed by atoms with E-state index in [0.29, 0.717) is 0 Å². The van der Waals surface area contributed by atoms with Crippen LogP contribution in [0.5, 0.6) is 23.0 Å². The number of fused-ring (bicyclic) bond motifs is 14. The van der Waals surface area contributed by atoms with E-state index in [1.807, 2.05) is 24.5 Å². The van der Waals surface area contributed by atoms with E-state index in [1.54, 1.807) is 22.7 Å². The SMILES string of the molecule is c1ccc2c(c1)Oc1cc(-c3cccc4sc5ncccc5c34)ccc1C21c2ccccc2Oc2cc(-c3cccc4sc5ncccc5c34)ccc21. The smallest absolute Gasteiger partial charge is 0.132 e. The second-order valence-corrected chi connectivity index (χ2v) is 15.7. The van der Waals surface area contributed by atoms with Crippen molar-refractivity contribution < 1.29 is 9.47 Å². The number of ether oxygens (including phenoxy) is 2. The minimum absolute atomic E-state index is 0.679. The van der Waals surface area contributed by atoms with Gasteiger partial charge in [0.15, 0.2) is 0 Å². The number of pyridine rings is 2. The van der Waals surface area contributed by atoms with Gasteiger partial charge in [0.05, 0.1) is 5.41 Å². The van der Waals surface area contributed by atoms with E-state index in [0.717, 1.165) is 66.0 Å². The molecule has 0 saturated carbocycles. The second-order valence-electron chi connectivity index (χ2n) is 13.6. The fourth-order valence-corrected chi connectivity index (χ4v) is 10.9. The first-order valence-corrected chi connectivity index (χ1v) is 19.3. The average Bonchev–Trinajstić information content (AvgIpc) is 3.79. The lowest BCUT2D eigenvalue weighted by molar-refractivity contribution is 0.399. The Kier molecular flexibility index (Phi) is 5.98. The molecule has 0 atom stereocenters. The Morgan fingerprint density at radius 2 is 0.887 bits per heavy atom. The molecule has 6 heterocycles. The van der Waals surface area contributed by atoms with Gasteiger partial charge in [0, 0.05) is 65.6 Å². The van der Waals surface area contributed by atoms with Crippen molar-refractivity contribution in [3.8, 4) is 45.3 Å². The normalized spacial score (nSPS) is 13.7. The summed E-state index contributed by atoms with van der Waals surface area (Å²) in [6.45, 7) is 0. The molecular formula is C47H26N2O2S2. The molecule has 1 spiro atoms. The van der Waals surface area contributed by atoms with Gasteiger partial charge in [-0.3, -0.25) is 0 Å². The van der Waals surface area contributed by atoms with Crippen molar-refractivity contribution in [3.05, 3.63) is 180 Å². The summed E-state index contributed by atoms with van der Waals surface area (Å²) in [5.74, 6) is 3.36. The van der Waals surface area contributed by atoms with E-state index in [9.17, 15) is 0 Å². The lowest BCUT2D eigenvalue weighted by Gasteiger charge is -2.45. The second kappa shape index (κ2) is 10.8. The van der Waals surface area contributed by atoms with Crippen LogP contribution in [-0.4, -0.2) is 9.97 Å². The molecule has 0 saturated heterocycles. The molecule has 0 unspecified atom stereocenters. The minimum atomic E-state index is -0.679. The van der Waals surface area contributed by atoms with E-state index in [4.69, 9.17) is 9.47 Å². The number of rotatable bonds is 2. The molecule has 0 bridgehead atoms. The monoisotopic (exact) mass is 714 g/mol. The summed E-state index contributed by atoms with van der Waals surface area (Å²) in [4.78, 5) is 11.5. The Labute approximate surface area is 312 Å². The van der Waals surface area contributed by atoms with Crippen molar-refractivity contribution in [1.82, 2.24) is 9.97 Å². The largest absolute Gasteiger partial charge is 0.457 e. The predicted molar refractivity (Wildman–Crippen MR) is 217 cm³/mol. The van der Waals surface area contributed by atoms with Crippen molar-refractivity contribution in [2.24, 2.45) is 0 Å². The Hall–Kier alpha value is -6.34. The molecule has 2 aliphatic heterocycles. The van der Waals surface area contributed by atoms with Gasteiger partial charge in [0.1, 0.15) is 32.7 Å². The van der Waals surface area contributed by atoms with Crippen LogP contribution in [0.25, 0.3) is 62.9 Å². The zero-order valence-electron chi connectivity index (χ0n) is 28.0. The molecule has 12 rings (SSSR count). The molecule has 0 fully saturated rings. The summed E-state index contributed by atoms with van der Waals surface area (Å²) >= 11 is 3.47. The molecule has 53 heavy (non-hydrogen) atoms. The molecule has 0 amide bonds. The summed E-state index contributed by atoms with van der Waals surface area (Å²) in [6, 6.07) is 51.9. The molecule has 6 aromatic carbocycles. The lowest BCUT2D eigenvalue weighted by atomic mass is 9.62. The summed E-state index contributed by atoms with van der Waals surface area (Å²) in [5.41, 5.74) is 8.24. The van der Waals surface area contributed by atoms with Crippen molar-refractivity contribution in [2.75, 3.05) is 0 Å². The zero-order valence-corrected chi connectivity index (χ0v) is 29.7. The molecule has 4 nitrogen and oxygen atoms in total. The topological polar surface area (TPSA) is 44.2 Å². The highest BCUT2D eigenvalue weighted by Gasteiger charge is 2.50. The Balaban J connectivity index is 1.11. The van der Waals surface area contributed by atoms with Gasteiger partial charge in [-0.2, -0.15) is 0 Å². The zero-order chi connectivity index (χ0) is 34.7. The fourth-order valence-electron chi connectivity index (χ4n) is 8.81. The van der Waals surface area contributed by atoms with Crippen LogP contribution in [-0.2, 0) is 5.41 Å². The van der Waals surface area contributed by atoms with Crippen LogP contribution in [0.3, 0.4) is 0 Å². The molecule has 0 aliphatic carbocycles. The van der Waals surface area contributed by atoms with E-state index >= 15 is 0 Å². The number of benzene rings is 6. The molecule has 10 aromatic rings. The van der Waals surface area contributed by atoms with Gasteiger partial charge in [0.25, 0.3) is 0 Å². The number of hydrogen-bond acceptors (Lipinski definition) is 6. The highest BCUT2D eigenvalue weighted by Crippen LogP contribution is 2.62. The van der Waals surface area contributed by atoms with Crippen LogP contribution in [0.2, 0.25) is 0 Å². The predicted octanol–water partition coefficient (Wildman–Crippen LogP) is 13.1. The first kappa shape index (κ1) is 29.3. The van der Waals surface area contributed by atoms with Gasteiger partial charge in [-0.05, 0) is 82.9 Å². The first-order chi connectivity index (χ1) is 26.3. The average molecular weight is 715 g/mol. The van der Waals surface area contributed by atoms with Crippen LogP contribution in [0.4, 0.5) is 0 Å². The Morgan fingerprint density at radius 1 is 0.415 bits per heavy atom. The summed E-state index contributed by atoms with van der Waals surface area (Å²) in [5, 5.41) is 4.80. The van der Waals surface area contributed by atoms with E-state index < -0.39 is 5.41 Å². The minimum Gasteiger partial charge on any atom is -0.457 e. The molecule has 4 aromatic heterocycles. The number of aromatic nitrogens is 2. The van der Waals surface area contributed by atoms with Crippen LogP contribution < -0.4 is 9.47 Å². The third kappa shape index (κ3) is 3.99. The van der Waals surface area contributed by atoms with E-state index in [1.165, 1.54) is 42.1 Å². The molecule has 6 heteroatoms. The highest BCUT2D eigenvalue weighted by molar-refractivity contribution is 7.26. The first-order valence-electron chi connectivity index (χ1n) is 17.6. The highest BCUT2D eigenvalue weighted by atomic mass is 32.1. The molecular weight excluding hydrogens is 689 g/mol. The summed E-state index contributed by atoms with van der Waals surface area (Å²) < 4.78 is 16.2. The van der Waals surface area contributed by atoms with Crippen LogP contribution in [0, 0.1) is 0 Å². The van der Waals surface area contributed by atoms with E-state index in [2.05, 4.69) is 143 Å². The van der Waals surface area contributed by atoms with Gasteiger partial charge >= 0.3 is 0 Å². The van der Waals surface area contributed by atoms with Gasteiger partial charge in [-0.25, -0.2) is 9.97 Å². The van der Waals surface area contributed by atoms with Crippen LogP contribution in [0.1, 0.15) is 22.3 Å². The lowest BCUT2D eigenvalue weighted by Crippen LogP contribution is -2.36. The Morgan fingerprint density at radius 3 is 1.40 bits per heavy atom. The number of thiophene rings is 2. The van der Waals surface area contributed by atoms with Crippen LogP contribution in [0.15, 0.2) is 158 Å². The number of hydrogen-bond donors (Lipinski definition) is 0. The number of para-hydroxylation sites is 2. The number of nitrogens with zero attached hydrogens (tertiary/aromatic N) is 2. The van der Waals surface area contributed by atoms with Gasteiger partial charge in [-0.15, -0.1) is 22.7 Å². The van der Waals surface area contributed by atoms with Crippen LogP contribution >= 0.6 is 22.7 Å². The molecule has 0 radical (unpaired) electrons. The third-order valence-corrected chi connectivity index (χ3v) is 13.1. The quantitative estimate of drug-likeness (QED) is 0.179. The third-order valence-electron chi connectivity index (χ3n) is 11.0. The maximum Gasteiger partial charge on any atom is 0.132 e. The van der Waals surface area contributed by atoms with Crippen molar-refractivity contribution >= 4 is 63.3 Å². The fraction of sp³-hybridized carbons (Fsp3) is 0.0213. The maximum absolute atomic E-state index is 6.90. The summed E-state index contributed by atoms with van der Waals surface area (Å²) in [7, 11) is 0. The molecule has 2 aliphatic rings. The maximum atomic E-state index is 6.90. The van der Waals surface area contributed by atoms with Crippen molar-refractivity contribution in [2.45, 2.75) is 5.41 Å². The van der Waals surface area contributed by atoms with Crippen molar-refractivity contribution in [3.63, 3.8) is 0 Å². The van der Waals surface area contributed by atoms with Gasteiger partial charge in [-0.1, -0.05) is 84.9 Å². The van der Waals surface area contributed by atoms with Gasteiger partial charge in [0.2, 0.25) is 0 Å². The van der Waals surface area contributed by atoms with Gasteiger partial charge < -0.3 is 9.47 Å². The Bertz CT molecular complexity index is 2950.